The molecule has 0 saturated heterocycles. The SMILES string of the molecule is COC(C)C(=O)Nc1cc(C(=O)N(C)C)ccc1Cl. The fourth-order valence-electron chi connectivity index (χ4n) is 1.35. The summed E-state index contributed by atoms with van der Waals surface area (Å²) in [5.41, 5.74) is 0.845. The smallest absolute Gasteiger partial charge is 0.253 e. The molecule has 0 radical (unpaired) electrons. The van der Waals surface area contributed by atoms with Gasteiger partial charge in [-0.2, -0.15) is 0 Å². The minimum absolute atomic E-state index is 0.160. The van der Waals surface area contributed by atoms with Crippen molar-refractivity contribution < 1.29 is 14.3 Å². The molecule has 0 aliphatic carbocycles. The first-order chi connectivity index (χ1) is 8.86. The molecule has 0 bridgehead atoms. The van der Waals surface area contributed by atoms with Gasteiger partial charge in [0.25, 0.3) is 11.8 Å². The lowest BCUT2D eigenvalue weighted by Gasteiger charge is -2.14. The molecule has 104 valence electrons. The average molecular weight is 285 g/mol. The van der Waals surface area contributed by atoms with Gasteiger partial charge in [0.05, 0.1) is 10.7 Å². The van der Waals surface area contributed by atoms with Gasteiger partial charge in [0.1, 0.15) is 6.10 Å². The highest BCUT2D eigenvalue weighted by Crippen LogP contribution is 2.23. The van der Waals surface area contributed by atoms with E-state index in [1.165, 1.54) is 12.0 Å². The monoisotopic (exact) mass is 284 g/mol. The van der Waals surface area contributed by atoms with Gasteiger partial charge in [0.2, 0.25) is 0 Å². The number of methoxy groups -OCH3 is 1. The molecule has 6 heteroatoms. The zero-order valence-electron chi connectivity index (χ0n) is 11.4. The molecule has 0 saturated carbocycles. The van der Waals surface area contributed by atoms with Crippen molar-refractivity contribution in [3.8, 4) is 0 Å². The van der Waals surface area contributed by atoms with Crippen molar-refractivity contribution >= 4 is 29.1 Å². The van der Waals surface area contributed by atoms with Crippen LogP contribution in [0.2, 0.25) is 5.02 Å². The molecule has 5 nitrogen and oxygen atoms in total. The molecular weight excluding hydrogens is 268 g/mol. The van der Waals surface area contributed by atoms with Crippen LogP contribution in [0.5, 0.6) is 0 Å². The van der Waals surface area contributed by atoms with Crippen LogP contribution in [0.3, 0.4) is 0 Å². The van der Waals surface area contributed by atoms with Crippen LogP contribution in [0.25, 0.3) is 0 Å². The van der Waals surface area contributed by atoms with E-state index < -0.39 is 6.10 Å². The van der Waals surface area contributed by atoms with E-state index in [0.717, 1.165) is 0 Å². The Balaban J connectivity index is 2.98. The molecule has 0 fully saturated rings. The second-order valence-corrected chi connectivity index (χ2v) is 4.67. The molecule has 0 heterocycles. The zero-order chi connectivity index (χ0) is 14.6. The minimum atomic E-state index is -0.593. The summed E-state index contributed by atoms with van der Waals surface area (Å²) < 4.78 is 4.91. The molecule has 2 amide bonds. The second-order valence-electron chi connectivity index (χ2n) is 4.26. The predicted octanol–water partition coefficient (Wildman–Crippen LogP) is 2.02. The van der Waals surface area contributed by atoms with E-state index in [0.29, 0.717) is 16.3 Å². The van der Waals surface area contributed by atoms with Gasteiger partial charge in [-0.25, -0.2) is 0 Å². The molecular formula is C13H17ClN2O3. The van der Waals surface area contributed by atoms with Gasteiger partial charge in [0.15, 0.2) is 0 Å². The number of carbonyl (C=O) groups is 2. The van der Waals surface area contributed by atoms with Crippen molar-refractivity contribution in [2.75, 3.05) is 26.5 Å². The lowest BCUT2D eigenvalue weighted by Crippen LogP contribution is -2.27. The average Bonchev–Trinajstić information content (AvgIpc) is 2.39. The number of benzene rings is 1. The highest BCUT2D eigenvalue weighted by atomic mass is 35.5. The van der Waals surface area contributed by atoms with Gasteiger partial charge < -0.3 is 15.0 Å². The van der Waals surface area contributed by atoms with Crippen molar-refractivity contribution in [3.05, 3.63) is 28.8 Å². The van der Waals surface area contributed by atoms with Crippen molar-refractivity contribution in [2.45, 2.75) is 13.0 Å². The first-order valence-corrected chi connectivity index (χ1v) is 6.09. The highest BCUT2D eigenvalue weighted by molar-refractivity contribution is 6.34. The summed E-state index contributed by atoms with van der Waals surface area (Å²) in [7, 11) is 4.75. The maximum Gasteiger partial charge on any atom is 0.253 e. The molecule has 1 unspecified atom stereocenters. The number of hydrogen-bond donors (Lipinski definition) is 1. The molecule has 0 aliphatic rings. The molecule has 0 aliphatic heterocycles. The van der Waals surface area contributed by atoms with Crippen molar-refractivity contribution in [1.82, 2.24) is 4.90 Å². The number of hydrogen-bond acceptors (Lipinski definition) is 3. The third kappa shape index (κ3) is 3.94. The summed E-state index contributed by atoms with van der Waals surface area (Å²) in [6.07, 6.45) is -0.593. The van der Waals surface area contributed by atoms with E-state index in [2.05, 4.69) is 5.32 Å². The van der Waals surface area contributed by atoms with E-state index >= 15 is 0 Å². The van der Waals surface area contributed by atoms with Crippen LogP contribution in [0, 0.1) is 0 Å². The number of amides is 2. The van der Waals surface area contributed by atoms with Crippen molar-refractivity contribution in [3.63, 3.8) is 0 Å². The molecule has 19 heavy (non-hydrogen) atoms. The Kier molecular flexibility index (Phi) is 5.32. The molecule has 0 aromatic heterocycles. The van der Waals surface area contributed by atoms with Gasteiger partial charge in [-0.05, 0) is 25.1 Å². The molecule has 1 aromatic rings. The summed E-state index contributed by atoms with van der Waals surface area (Å²) in [5, 5.41) is 3.00. The number of rotatable bonds is 4. The first kappa shape index (κ1) is 15.5. The van der Waals surface area contributed by atoms with Gasteiger partial charge in [-0.15, -0.1) is 0 Å². The summed E-state index contributed by atoms with van der Waals surface area (Å²) in [5.74, 6) is -0.481. The largest absolute Gasteiger partial charge is 0.372 e. The van der Waals surface area contributed by atoms with Crippen LogP contribution >= 0.6 is 11.6 Å². The van der Waals surface area contributed by atoms with Crippen LogP contribution in [-0.2, 0) is 9.53 Å². The van der Waals surface area contributed by atoms with Crippen molar-refractivity contribution in [1.29, 1.82) is 0 Å². The Morgan fingerprint density at radius 1 is 1.37 bits per heavy atom. The van der Waals surface area contributed by atoms with Crippen LogP contribution in [0.15, 0.2) is 18.2 Å². The Morgan fingerprint density at radius 2 is 2.00 bits per heavy atom. The quantitative estimate of drug-likeness (QED) is 0.920. The first-order valence-electron chi connectivity index (χ1n) is 5.71. The second kappa shape index (κ2) is 6.54. The zero-order valence-corrected chi connectivity index (χ0v) is 12.1. The summed E-state index contributed by atoms with van der Waals surface area (Å²) in [4.78, 5) is 25.0. The minimum Gasteiger partial charge on any atom is -0.372 e. The summed E-state index contributed by atoms with van der Waals surface area (Å²) in [6, 6.07) is 4.73. The Bertz CT molecular complexity index is 489. The van der Waals surface area contributed by atoms with E-state index in [-0.39, 0.29) is 11.8 Å². The number of ether oxygens (including phenoxy) is 1. The van der Waals surface area contributed by atoms with Crippen LogP contribution in [0.4, 0.5) is 5.69 Å². The molecule has 1 atom stereocenters. The van der Waals surface area contributed by atoms with Crippen LogP contribution in [-0.4, -0.2) is 44.0 Å². The van der Waals surface area contributed by atoms with E-state index in [1.807, 2.05) is 0 Å². The molecule has 0 spiro atoms. The standard InChI is InChI=1S/C13H17ClN2O3/c1-8(19-4)12(17)15-11-7-9(5-6-10(11)14)13(18)16(2)3/h5-8H,1-4H3,(H,15,17). The summed E-state index contributed by atoms with van der Waals surface area (Å²) >= 11 is 5.99. The van der Waals surface area contributed by atoms with Gasteiger partial charge >= 0.3 is 0 Å². The number of anilines is 1. The van der Waals surface area contributed by atoms with Crippen LogP contribution in [0.1, 0.15) is 17.3 Å². The topological polar surface area (TPSA) is 58.6 Å². The lowest BCUT2D eigenvalue weighted by molar-refractivity contribution is -0.124. The van der Waals surface area contributed by atoms with Gasteiger partial charge in [0, 0.05) is 26.8 Å². The van der Waals surface area contributed by atoms with E-state index in [9.17, 15) is 9.59 Å². The Morgan fingerprint density at radius 3 is 2.53 bits per heavy atom. The number of nitrogens with one attached hydrogen (secondary N) is 1. The van der Waals surface area contributed by atoms with Gasteiger partial charge in [-0.1, -0.05) is 11.6 Å². The summed E-state index contributed by atoms with van der Waals surface area (Å²) in [6.45, 7) is 1.62. The Hall–Kier alpha value is -1.59. The lowest BCUT2D eigenvalue weighted by atomic mass is 10.1. The van der Waals surface area contributed by atoms with Gasteiger partial charge in [-0.3, -0.25) is 9.59 Å². The Labute approximate surface area is 117 Å². The van der Waals surface area contributed by atoms with Crippen LogP contribution < -0.4 is 5.32 Å². The normalized spacial score (nSPS) is 11.8. The van der Waals surface area contributed by atoms with E-state index in [1.54, 1.807) is 39.2 Å². The molecule has 1 rings (SSSR count). The fourth-order valence-corrected chi connectivity index (χ4v) is 1.52. The van der Waals surface area contributed by atoms with Crippen molar-refractivity contribution in [2.24, 2.45) is 0 Å². The predicted molar refractivity (Wildman–Crippen MR) is 74.6 cm³/mol. The highest BCUT2D eigenvalue weighted by Gasteiger charge is 2.15. The maximum absolute atomic E-state index is 11.8. The number of nitrogens with zero attached hydrogens (tertiary/aromatic N) is 1. The number of carbonyl (C=O) groups excluding carboxylic acids is 2. The molecule has 1 N–H and O–H groups in total. The third-order valence-electron chi connectivity index (χ3n) is 2.60. The molecule has 1 aromatic carbocycles. The third-order valence-corrected chi connectivity index (χ3v) is 2.93. The van der Waals surface area contributed by atoms with E-state index in [4.69, 9.17) is 16.3 Å². The maximum atomic E-state index is 11.8. The number of halogens is 1. The fraction of sp³-hybridized carbons (Fsp3) is 0.385.